The van der Waals surface area contributed by atoms with E-state index in [2.05, 4.69) is 128 Å². The summed E-state index contributed by atoms with van der Waals surface area (Å²) in [6, 6.07) is 45.4. The van der Waals surface area contributed by atoms with Gasteiger partial charge in [-0.3, -0.25) is 0 Å². The van der Waals surface area contributed by atoms with Crippen molar-refractivity contribution in [2.45, 2.75) is 57.5 Å². The molecule has 4 aromatic rings. The second kappa shape index (κ2) is 14.4. The first-order chi connectivity index (χ1) is 16.9. The van der Waals surface area contributed by atoms with E-state index in [1.54, 1.807) is 0 Å². The molecule has 1 unspecified atom stereocenters. The van der Waals surface area contributed by atoms with E-state index in [1.165, 1.54) is 66.4 Å². The minimum Gasteiger partial charge on any atom is -1.00 e. The molecule has 4 rings (SSSR count). The first kappa shape index (κ1) is 27.4. The fourth-order valence-electron chi connectivity index (χ4n) is 5.35. The molecule has 0 saturated heterocycles. The molecule has 0 saturated carbocycles. The lowest BCUT2D eigenvalue weighted by atomic mass is 10.0. The highest BCUT2D eigenvalue weighted by Crippen LogP contribution is 2.68. The van der Waals surface area contributed by atoms with Crippen LogP contribution in [0.2, 0.25) is 0 Å². The lowest BCUT2D eigenvalue weighted by Gasteiger charge is -2.35. The van der Waals surface area contributed by atoms with E-state index >= 15 is 0 Å². The number of unbranched alkanes of at least 4 members (excludes halogenated alkanes) is 5. The first-order valence-electron chi connectivity index (χ1n) is 13.0. The monoisotopic (exact) mass is 544 g/mol. The molecule has 0 bridgehead atoms. The van der Waals surface area contributed by atoms with Crippen LogP contribution in [0.3, 0.4) is 0 Å². The standard InChI is InChI=1S/C33H38P.BrH/c1-2-3-4-5-6-19-28-33(29-20-11-7-12-21-29)34(30-22-13-8-14-23-30,31-24-15-9-16-25-31)32-26-17-10-18-27-32;/h7-18,20-27,33H,2-6,19,28H2,1H3;1H/q+1;/p-1. The second-order valence-corrected chi connectivity index (χ2v) is 12.8. The number of halogens is 1. The highest BCUT2D eigenvalue weighted by atomic mass is 79.9. The van der Waals surface area contributed by atoms with E-state index in [4.69, 9.17) is 0 Å². The van der Waals surface area contributed by atoms with Crippen molar-refractivity contribution < 1.29 is 17.0 Å². The van der Waals surface area contributed by atoms with E-state index in [-0.39, 0.29) is 17.0 Å². The van der Waals surface area contributed by atoms with Crippen molar-refractivity contribution in [3.63, 3.8) is 0 Å². The van der Waals surface area contributed by atoms with Gasteiger partial charge in [0.25, 0.3) is 0 Å². The number of benzene rings is 4. The molecule has 4 aromatic carbocycles. The molecule has 0 aliphatic heterocycles. The number of rotatable bonds is 12. The Kier molecular flexibility index (Phi) is 11.2. The van der Waals surface area contributed by atoms with Crippen molar-refractivity contribution in [3.8, 4) is 0 Å². The quantitative estimate of drug-likeness (QED) is 0.164. The Labute approximate surface area is 223 Å². The minimum absolute atomic E-state index is 0. The predicted octanol–water partition coefficient (Wildman–Crippen LogP) is 5.48. The number of hydrogen-bond acceptors (Lipinski definition) is 0. The SMILES string of the molecule is CCCCCCCCC(c1ccccc1)[P+](c1ccccc1)(c1ccccc1)c1ccccc1.[Br-]. The molecule has 0 fully saturated rings. The zero-order valence-corrected chi connectivity index (χ0v) is 23.4. The van der Waals surface area contributed by atoms with Gasteiger partial charge in [-0.2, -0.15) is 0 Å². The normalized spacial score (nSPS) is 12.0. The predicted molar refractivity (Wildman–Crippen MR) is 152 cm³/mol. The summed E-state index contributed by atoms with van der Waals surface area (Å²) in [6.07, 6.45) is 9.18. The van der Waals surface area contributed by atoms with Crippen LogP contribution in [-0.4, -0.2) is 0 Å². The van der Waals surface area contributed by atoms with Crippen molar-refractivity contribution >= 4 is 23.2 Å². The lowest BCUT2D eigenvalue weighted by Crippen LogP contribution is -3.00. The smallest absolute Gasteiger partial charge is 0.119 e. The van der Waals surface area contributed by atoms with Gasteiger partial charge in [0, 0.05) is 0 Å². The summed E-state index contributed by atoms with van der Waals surface area (Å²) >= 11 is 0. The summed E-state index contributed by atoms with van der Waals surface area (Å²) < 4.78 is 0. The van der Waals surface area contributed by atoms with Gasteiger partial charge < -0.3 is 17.0 Å². The summed E-state index contributed by atoms with van der Waals surface area (Å²) in [4.78, 5) is 0. The van der Waals surface area contributed by atoms with Crippen molar-refractivity contribution in [1.82, 2.24) is 0 Å². The fraction of sp³-hybridized carbons (Fsp3) is 0.273. The summed E-state index contributed by atoms with van der Waals surface area (Å²) in [7, 11) is -1.95. The van der Waals surface area contributed by atoms with Crippen molar-refractivity contribution in [1.29, 1.82) is 0 Å². The van der Waals surface area contributed by atoms with E-state index in [9.17, 15) is 0 Å². The Morgan fingerprint density at radius 3 is 1.29 bits per heavy atom. The maximum absolute atomic E-state index is 2.38. The van der Waals surface area contributed by atoms with Crippen LogP contribution in [0.15, 0.2) is 121 Å². The van der Waals surface area contributed by atoms with Gasteiger partial charge in [0.1, 0.15) is 28.8 Å². The summed E-state index contributed by atoms with van der Waals surface area (Å²) in [6.45, 7) is 2.30. The molecule has 0 N–H and O–H groups in total. The topological polar surface area (TPSA) is 0 Å². The van der Waals surface area contributed by atoms with Crippen LogP contribution in [0.1, 0.15) is 63.1 Å². The molecular formula is C33H38BrP. The van der Waals surface area contributed by atoms with Crippen molar-refractivity contribution in [2.75, 3.05) is 0 Å². The molecule has 0 aliphatic carbocycles. The fourth-order valence-corrected chi connectivity index (χ4v) is 10.4. The van der Waals surface area contributed by atoms with Crippen LogP contribution >= 0.6 is 7.26 Å². The Morgan fingerprint density at radius 1 is 0.486 bits per heavy atom. The molecule has 35 heavy (non-hydrogen) atoms. The zero-order valence-electron chi connectivity index (χ0n) is 20.9. The van der Waals surface area contributed by atoms with Crippen LogP contribution in [0.25, 0.3) is 0 Å². The molecule has 0 amide bonds. The summed E-state index contributed by atoms with van der Waals surface area (Å²) in [5.41, 5.74) is 1.92. The lowest BCUT2D eigenvalue weighted by molar-refractivity contribution is -0.00000677. The maximum Gasteiger partial charge on any atom is 0.119 e. The Morgan fingerprint density at radius 2 is 0.857 bits per heavy atom. The average Bonchev–Trinajstić information content (AvgIpc) is 2.92. The van der Waals surface area contributed by atoms with E-state index in [1.807, 2.05) is 0 Å². The third-order valence-electron chi connectivity index (χ3n) is 6.97. The molecule has 0 radical (unpaired) electrons. The molecular weight excluding hydrogens is 507 g/mol. The molecule has 1 atom stereocenters. The largest absolute Gasteiger partial charge is 1.00 e. The molecule has 0 aromatic heterocycles. The van der Waals surface area contributed by atoms with E-state index in [0.29, 0.717) is 5.66 Å². The highest BCUT2D eigenvalue weighted by Gasteiger charge is 2.52. The number of hydrogen-bond donors (Lipinski definition) is 0. The van der Waals surface area contributed by atoms with Gasteiger partial charge in [0.2, 0.25) is 0 Å². The van der Waals surface area contributed by atoms with Crippen LogP contribution in [0.5, 0.6) is 0 Å². The highest BCUT2D eigenvalue weighted by molar-refractivity contribution is 7.96. The average molecular weight is 546 g/mol. The third-order valence-corrected chi connectivity index (χ3v) is 11.8. The molecule has 0 heterocycles. The van der Waals surface area contributed by atoms with Gasteiger partial charge in [-0.05, 0) is 54.8 Å². The molecule has 0 spiro atoms. The zero-order chi connectivity index (χ0) is 23.5. The minimum atomic E-state index is -1.95. The third kappa shape index (κ3) is 6.52. The van der Waals surface area contributed by atoms with Crippen LogP contribution in [0.4, 0.5) is 0 Å². The Bertz CT molecular complexity index is 984. The van der Waals surface area contributed by atoms with Gasteiger partial charge >= 0.3 is 0 Å². The Balaban J connectivity index is 0.00000342. The molecule has 2 heteroatoms. The molecule has 182 valence electrons. The second-order valence-electron chi connectivity index (χ2n) is 9.21. The van der Waals surface area contributed by atoms with E-state index < -0.39 is 7.26 Å². The van der Waals surface area contributed by atoms with E-state index in [0.717, 1.165) is 0 Å². The molecule has 0 aliphatic rings. The van der Waals surface area contributed by atoms with Gasteiger partial charge in [0.15, 0.2) is 0 Å². The van der Waals surface area contributed by atoms with Gasteiger partial charge in [-0.15, -0.1) is 0 Å². The van der Waals surface area contributed by atoms with Gasteiger partial charge in [-0.25, -0.2) is 0 Å². The van der Waals surface area contributed by atoms with Crippen LogP contribution < -0.4 is 32.9 Å². The van der Waals surface area contributed by atoms with Crippen molar-refractivity contribution in [2.24, 2.45) is 0 Å². The summed E-state index contributed by atoms with van der Waals surface area (Å²) in [5.74, 6) is 0. The van der Waals surface area contributed by atoms with Crippen molar-refractivity contribution in [3.05, 3.63) is 127 Å². The maximum atomic E-state index is 2.38. The van der Waals surface area contributed by atoms with Gasteiger partial charge in [-0.1, -0.05) is 124 Å². The summed E-state index contributed by atoms with van der Waals surface area (Å²) in [5, 5.41) is 4.44. The Hall–Kier alpha value is -2.21. The van der Waals surface area contributed by atoms with Crippen LogP contribution in [0, 0.1) is 0 Å². The molecule has 0 nitrogen and oxygen atoms in total. The van der Waals surface area contributed by atoms with Gasteiger partial charge in [0.05, 0.1) is 0 Å². The first-order valence-corrected chi connectivity index (χ1v) is 14.8. The van der Waals surface area contributed by atoms with Crippen LogP contribution in [-0.2, 0) is 0 Å².